The van der Waals surface area contributed by atoms with Crippen molar-refractivity contribution in [2.75, 3.05) is 6.61 Å². The molecule has 8 heteroatoms. The van der Waals surface area contributed by atoms with Crippen LogP contribution in [0.3, 0.4) is 0 Å². The lowest BCUT2D eigenvalue weighted by Crippen LogP contribution is -2.19. The van der Waals surface area contributed by atoms with Crippen LogP contribution in [-0.4, -0.2) is 17.1 Å². The third-order valence-electron chi connectivity index (χ3n) is 4.06. The second kappa shape index (κ2) is 7.47. The molecular weight excluding hydrogens is 356 g/mol. The van der Waals surface area contributed by atoms with Crippen molar-refractivity contribution in [1.29, 1.82) is 0 Å². The number of nitrogens with zero attached hydrogens (tertiary/aromatic N) is 4. The fourth-order valence-electron chi connectivity index (χ4n) is 3.02. The van der Waals surface area contributed by atoms with Crippen molar-refractivity contribution in [3.05, 3.63) is 67.7 Å². The molecule has 3 aromatic rings. The molecule has 0 aliphatic carbocycles. The number of aromatic nitrogens is 1. The SMILES string of the molecule is CCOC(=O)Cn1c2ccccc2c(=O)c2ccc(Cl)c(CN=[N+]=[N-])c21. The van der Waals surface area contributed by atoms with Crippen LogP contribution < -0.4 is 5.43 Å². The standard InChI is InChI=1S/C18H15ClN4O3/c1-2-26-16(24)10-23-15-6-4-3-5-11(15)18(25)12-7-8-14(19)13(17(12)23)9-21-22-20/h3-8H,2,9-10H2,1H3. The van der Waals surface area contributed by atoms with Crippen LogP contribution in [0.2, 0.25) is 5.02 Å². The highest BCUT2D eigenvalue weighted by atomic mass is 35.5. The Hall–Kier alpha value is -3.02. The summed E-state index contributed by atoms with van der Waals surface area (Å²) in [7, 11) is 0. The van der Waals surface area contributed by atoms with Crippen molar-refractivity contribution in [1.82, 2.24) is 4.57 Å². The molecule has 7 nitrogen and oxygen atoms in total. The maximum atomic E-state index is 12.9. The molecule has 0 saturated carbocycles. The summed E-state index contributed by atoms with van der Waals surface area (Å²) in [6.45, 7) is 1.85. The lowest BCUT2D eigenvalue weighted by atomic mass is 10.0. The van der Waals surface area contributed by atoms with Gasteiger partial charge in [-0.3, -0.25) is 9.59 Å². The van der Waals surface area contributed by atoms with E-state index in [0.29, 0.717) is 32.4 Å². The van der Waals surface area contributed by atoms with Crippen molar-refractivity contribution < 1.29 is 9.53 Å². The predicted molar refractivity (Wildman–Crippen MR) is 100 cm³/mol. The van der Waals surface area contributed by atoms with Gasteiger partial charge in [-0.1, -0.05) is 28.8 Å². The van der Waals surface area contributed by atoms with Crippen LogP contribution in [0.25, 0.3) is 32.2 Å². The van der Waals surface area contributed by atoms with Gasteiger partial charge in [-0.05, 0) is 36.7 Å². The molecule has 1 aromatic heterocycles. The Balaban J connectivity index is 2.45. The van der Waals surface area contributed by atoms with Gasteiger partial charge >= 0.3 is 5.97 Å². The third kappa shape index (κ3) is 3.10. The first kappa shape index (κ1) is 17.8. The number of azide groups is 1. The zero-order valence-electron chi connectivity index (χ0n) is 14.0. The second-order valence-electron chi connectivity index (χ2n) is 5.55. The van der Waals surface area contributed by atoms with E-state index in [9.17, 15) is 9.59 Å². The molecule has 0 unspecified atom stereocenters. The molecule has 26 heavy (non-hydrogen) atoms. The molecule has 1 heterocycles. The molecule has 0 spiro atoms. The highest BCUT2D eigenvalue weighted by Crippen LogP contribution is 2.28. The van der Waals surface area contributed by atoms with Crippen LogP contribution in [-0.2, 0) is 22.6 Å². The van der Waals surface area contributed by atoms with Crippen molar-refractivity contribution in [3.8, 4) is 0 Å². The third-order valence-corrected chi connectivity index (χ3v) is 4.42. The number of fused-ring (bicyclic) bond motifs is 2. The lowest BCUT2D eigenvalue weighted by molar-refractivity contribution is -0.143. The Morgan fingerprint density at radius 1 is 1.27 bits per heavy atom. The zero-order chi connectivity index (χ0) is 18.7. The molecule has 3 rings (SSSR count). The number of hydrogen-bond acceptors (Lipinski definition) is 4. The van der Waals surface area contributed by atoms with Gasteiger partial charge in [-0.15, -0.1) is 0 Å². The Morgan fingerprint density at radius 3 is 2.77 bits per heavy atom. The van der Waals surface area contributed by atoms with E-state index in [2.05, 4.69) is 10.0 Å². The van der Waals surface area contributed by atoms with E-state index in [4.69, 9.17) is 21.9 Å². The monoisotopic (exact) mass is 370 g/mol. The van der Waals surface area contributed by atoms with E-state index in [1.54, 1.807) is 47.9 Å². The average molecular weight is 371 g/mol. The topological polar surface area (TPSA) is 97.1 Å². The summed E-state index contributed by atoms with van der Waals surface area (Å²) < 4.78 is 6.76. The number of esters is 1. The van der Waals surface area contributed by atoms with Gasteiger partial charge in [0.1, 0.15) is 6.54 Å². The summed E-state index contributed by atoms with van der Waals surface area (Å²) in [5, 5.41) is 4.83. The van der Waals surface area contributed by atoms with E-state index in [1.807, 2.05) is 0 Å². The van der Waals surface area contributed by atoms with E-state index in [1.165, 1.54) is 0 Å². The normalized spacial score (nSPS) is 10.7. The van der Waals surface area contributed by atoms with Gasteiger partial charge in [0.2, 0.25) is 0 Å². The number of carbonyl (C=O) groups is 1. The Labute approximate surface area is 153 Å². The number of pyridine rings is 1. The lowest BCUT2D eigenvalue weighted by Gasteiger charge is -2.17. The molecule has 0 atom stereocenters. The molecule has 0 radical (unpaired) electrons. The number of rotatable bonds is 5. The van der Waals surface area contributed by atoms with E-state index in [-0.39, 0.29) is 25.1 Å². The molecule has 0 aliphatic heterocycles. The number of ether oxygens (including phenoxy) is 1. The fourth-order valence-corrected chi connectivity index (χ4v) is 3.23. The van der Waals surface area contributed by atoms with Crippen LogP contribution in [0, 0.1) is 0 Å². The van der Waals surface area contributed by atoms with Gasteiger partial charge < -0.3 is 9.30 Å². The molecule has 0 N–H and O–H groups in total. The highest BCUT2D eigenvalue weighted by Gasteiger charge is 2.17. The smallest absolute Gasteiger partial charge is 0.325 e. The minimum absolute atomic E-state index is 0.0344. The van der Waals surface area contributed by atoms with Crippen LogP contribution in [0.5, 0.6) is 0 Å². The minimum atomic E-state index is -0.433. The van der Waals surface area contributed by atoms with Gasteiger partial charge in [0, 0.05) is 26.3 Å². The first-order valence-electron chi connectivity index (χ1n) is 7.97. The minimum Gasteiger partial charge on any atom is -0.465 e. The van der Waals surface area contributed by atoms with Gasteiger partial charge in [-0.2, -0.15) is 0 Å². The Morgan fingerprint density at radius 2 is 2.04 bits per heavy atom. The van der Waals surface area contributed by atoms with Crippen molar-refractivity contribution in [2.24, 2.45) is 5.11 Å². The molecule has 0 aliphatic rings. The average Bonchev–Trinajstić information content (AvgIpc) is 2.64. The highest BCUT2D eigenvalue weighted by molar-refractivity contribution is 6.32. The Bertz CT molecular complexity index is 1120. The van der Waals surface area contributed by atoms with E-state index in [0.717, 1.165) is 0 Å². The summed E-state index contributed by atoms with van der Waals surface area (Å²) in [5.74, 6) is -0.433. The quantitative estimate of drug-likeness (QED) is 0.221. The number of hydrogen-bond donors (Lipinski definition) is 0. The molecule has 0 saturated heterocycles. The molecule has 132 valence electrons. The van der Waals surface area contributed by atoms with E-state index >= 15 is 0 Å². The maximum absolute atomic E-state index is 12.9. The summed E-state index contributed by atoms with van der Waals surface area (Å²) in [6.07, 6.45) is 0. The zero-order valence-corrected chi connectivity index (χ0v) is 14.7. The van der Waals surface area contributed by atoms with Gasteiger partial charge in [0.25, 0.3) is 0 Å². The molecular formula is C18H15ClN4O3. The summed E-state index contributed by atoms with van der Waals surface area (Å²) in [4.78, 5) is 27.8. The van der Waals surface area contributed by atoms with Gasteiger partial charge in [0.15, 0.2) is 5.43 Å². The number of para-hydroxylation sites is 1. The van der Waals surface area contributed by atoms with E-state index < -0.39 is 5.97 Å². The first-order chi connectivity index (χ1) is 12.6. The Kier molecular flexibility index (Phi) is 5.11. The first-order valence-corrected chi connectivity index (χ1v) is 8.35. The molecule has 2 aromatic carbocycles. The van der Waals surface area contributed by atoms with Crippen LogP contribution >= 0.6 is 11.6 Å². The van der Waals surface area contributed by atoms with Gasteiger partial charge in [0.05, 0.1) is 24.2 Å². The number of benzene rings is 2. The van der Waals surface area contributed by atoms with Gasteiger partial charge in [-0.25, -0.2) is 0 Å². The molecule has 0 amide bonds. The van der Waals surface area contributed by atoms with Crippen LogP contribution in [0.4, 0.5) is 0 Å². The largest absolute Gasteiger partial charge is 0.465 e. The summed E-state index contributed by atoms with van der Waals surface area (Å²) in [5.41, 5.74) is 10.1. The van der Waals surface area contributed by atoms with Crippen molar-refractivity contribution >= 4 is 39.4 Å². The molecule has 0 bridgehead atoms. The number of carbonyl (C=O) groups excluding carboxylic acids is 1. The van der Waals surface area contributed by atoms with Crippen LogP contribution in [0.15, 0.2) is 46.3 Å². The predicted octanol–water partition coefficient (Wildman–Crippen LogP) is 4.18. The van der Waals surface area contributed by atoms with Crippen molar-refractivity contribution in [2.45, 2.75) is 20.0 Å². The maximum Gasteiger partial charge on any atom is 0.325 e. The summed E-state index contributed by atoms with van der Waals surface area (Å²) >= 11 is 6.30. The number of halogens is 1. The molecule has 0 fully saturated rings. The second-order valence-corrected chi connectivity index (χ2v) is 5.96. The summed E-state index contributed by atoms with van der Waals surface area (Å²) in [6, 6.07) is 10.2. The fraction of sp³-hybridized carbons (Fsp3) is 0.222. The van der Waals surface area contributed by atoms with Crippen LogP contribution in [0.1, 0.15) is 12.5 Å². The van der Waals surface area contributed by atoms with Crippen molar-refractivity contribution in [3.63, 3.8) is 0 Å².